The van der Waals surface area contributed by atoms with Gasteiger partial charge in [0.05, 0.1) is 0 Å². The van der Waals surface area contributed by atoms with Crippen molar-refractivity contribution in [3.8, 4) is 0 Å². The Morgan fingerprint density at radius 1 is 1.07 bits per heavy atom. The molecule has 1 amide bonds. The lowest BCUT2D eigenvalue weighted by molar-refractivity contribution is 0.0722. The van der Waals surface area contributed by atoms with Crippen LogP contribution in [0.25, 0.3) is 4.96 Å². The van der Waals surface area contributed by atoms with Gasteiger partial charge >= 0.3 is 0 Å². The summed E-state index contributed by atoms with van der Waals surface area (Å²) in [5, 5.41) is 1.79. The van der Waals surface area contributed by atoms with E-state index in [-0.39, 0.29) is 22.9 Å². The summed E-state index contributed by atoms with van der Waals surface area (Å²) in [4.78, 5) is 32.6. The van der Waals surface area contributed by atoms with E-state index in [2.05, 4.69) is 29.2 Å². The summed E-state index contributed by atoms with van der Waals surface area (Å²) in [6.07, 6.45) is 3.07. The maximum Gasteiger partial charge on any atom is 0.271 e. The van der Waals surface area contributed by atoms with Crippen molar-refractivity contribution in [2.45, 2.75) is 12.5 Å². The molecule has 0 bridgehead atoms. The molecule has 1 aliphatic rings. The van der Waals surface area contributed by atoms with Crippen molar-refractivity contribution in [3.05, 3.63) is 105 Å². The third kappa shape index (κ3) is 2.73. The van der Waals surface area contributed by atoms with Crippen molar-refractivity contribution >= 4 is 22.2 Å². The van der Waals surface area contributed by atoms with Crippen molar-refractivity contribution < 1.29 is 4.79 Å². The van der Waals surface area contributed by atoms with Crippen LogP contribution >= 0.6 is 11.3 Å². The van der Waals surface area contributed by atoms with Gasteiger partial charge in [-0.05, 0) is 16.7 Å². The van der Waals surface area contributed by atoms with Gasteiger partial charge in [0.1, 0.15) is 5.56 Å². The second-order valence-electron chi connectivity index (χ2n) is 6.88. The lowest BCUT2D eigenvalue weighted by Gasteiger charge is -2.35. The minimum absolute atomic E-state index is 0.0793. The van der Waals surface area contributed by atoms with Crippen LogP contribution in [0.15, 0.2) is 77.2 Å². The Bertz CT molecular complexity index is 1230. The topological polar surface area (TPSA) is 54.7 Å². The number of hydrogen-bond acceptors (Lipinski definition) is 4. The van der Waals surface area contributed by atoms with Crippen molar-refractivity contribution in [1.82, 2.24) is 14.3 Å². The largest absolute Gasteiger partial charge is 0.333 e. The third-order valence-electron chi connectivity index (χ3n) is 5.26. The highest BCUT2D eigenvalue weighted by molar-refractivity contribution is 7.15. The molecular formula is C22H17N3O2S. The van der Waals surface area contributed by atoms with Crippen molar-refractivity contribution in [2.24, 2.45) is 0 Å². The molecule has 0 N–H and O–H groups in total. The van der Waals surface area contributed by atoms with Gasteiger partial charge in [0.2, 0.25) is 0 Å². The zero-order chi connectivity index (χ0) is 19.1. The zero-order valence-electron chi connectivity index (χ0n) is 15.0. The van der Waals surface area contributed by atoms with Crippen LogP contribution < -0.4 is 5.56 Å². The lowest BCUT2D eigenvalue weighted by atomic mass is 9.84. The summed E-state index contributed by atoms with van der Waals surface area (Å²) < 4.78 is 1.43. The Morgan fingerprint density at radius 2 is 1.86 bits per heavy atom. The molecule has 0 aliphatic carbocycles. The van der Waals surface area contributed by atoms with E-state index in [1.54, 1.807) is 16.5 Å². The van der Waals surface area contributed by atoms with E-state index in [1.807, 2.05) is 30.3 Å². The molecule has 1 unspecified atom stereocenters. The normalized spacial score (nSPS) is 16.1. The predicted molar refractivity (Wildman–Crippen MR) is 109 cm³/mol. The van der Waals surface area contributed by atoms with Crippen LogP contribution in [0.3, 0.4) is 0 Å². The SMILES string of the molecule is O=C(c1cnc2sccn2c1=O)N1Cc2ccccc2C(c2ccccc2)C1. The van der Waals surface area contributed by atoms with Gasteiger partial charge in [-0.1, -0.05) is 54.6 Å². The molecule has 5 nitrogen and oxygen atoms in total. The number of carbonyl (C=O) groups is 1. The number of benzene rings is 2. The van der Waals surface area contributed by atoms with Crippen LogP contribution in [-0.2, 0) is 6.54 Å². The fraction of sp³-hybridized carbons (Fsp3) is 0.136. The van der Waals surface area contributed by atoms with E-state index in [1.165, 1.54) is 27.5 Å². The highest BCUT2D eigenvalue weighted by Gasteiger charge is 2.30. The number of fused-ring (bicyclic) bond motifs is 2. The van der Waals surface area contributed by atoms with Gasteiger partial charge in [-0.3, -0.25) is 14.0 Å². The van der Waals surface area contributed by atoms with Gasteiger partial charge in [-0.25, -0.2) is 4.98 Å². The molecule has 0 radical (unpaired) electrons. The molecule has 6 heteroatoms. The first-order chi connectivity index (χ1) is 13.7. The first-order valence-corrected chi connectivity index (χ1v) is 9.97. The van der Waals surface area contributed by atoms with E-state index >= 15 is 0 Å². The standard InChI is InChI=1S/C22H17N3O2S/c26-20(18-12-23-22-25(21(18)27)10-11-28-22)24-13-16-8-4-5-9-17(16)19(14-24)15-6-2-1-3-7-15/h1-12,19H,13-14H2. The van der Waals surface area contributed by atoms with E-state index in [0.29, 0.717) is 18.1 Å². The van der Waals surface area contributed by atoms with Crippen molar-refractivity contribution in [3.63, 3.8) is 0 Å². The van der Waals surface area contributed by atoms with Gasteiger partial charge < -0.3 is 4.90 Å². The number of thiazole rings is 1. The van der Waals surface area contributed by atoms with Gasteiger partial charge in [-0.15, -0.1) is 11.3 Å². The molecule has 28 heavy (non-hydrogen) atoms. The fourth-order valence-corrected chi connectivity index (χ4v) is 4.55. The highest BCUT2D eigenvalue weighted by Crippen LogP contribution is 2.33. The lowest BCUT2D eigenvalue weighted by Crippen LogP contribution is -2.41. The molecule has 0 saturated carbocycles. The molecule has 4 aromatic rings. The predicted octanol–water partition coefficient (Wildman–Crippen LogP) is 3.54. The number of hydrogen-bond donors (Lipinski definition) is 0. The molecule has 2 aromatic heterocycles. The average Bonchev–Trinajstić information content (AvgIpc) is 3.23. The summed E-state index contributed by atoms with van der Waals surface area (Å²) in [6.45, 7) is 1.02. The Morgan fingerprint density at radius 3 is 2.71 bits per heavy atom. The van der Waals surface area contributed by atoms with E-state index in [0.717, 1.165) is 11.1 Å². The molecule has 138 valence electrons. The first kappa shape index (κ1) is 16.9. The quantitative estimate of drug-likeness (QED) is 0.529. The van der Waals surface area contributed by atoms with Gasteiger partial charge in [0, 0.05) is 36.8 Å². The van der Waals surface area contributed by atoms with Crippen LogP contribution in [-0.4, -0.2) is 26.7 Å². The maximum absolute atomic E-state index is 13.2. The van der Waals surface area contributed by atoms with Crippen LogP contribution in [0.4, 0.5) is 0 Å². The number of rotatable bonds is 2. The number of aromatic nitrogens is 2. The van der Waals surface area contributed by atoms with Crippen molar-refractivity contribution in [1.29, 1.82) is 0 Å². The smallest absolute Gasteiger partial charge is 0.271 e. The minimum atomic E-state index is -0.314. The summed E-state index contributed by atoms with van der Waals surface area (Å²) >= 11 is 1.37. The summed E-state index contributed by atoms with van der Waals surface area (Å²) in [5.74, 6) is -0.191. The summed E-state index contributed by atoms with van der Waals surface area (Å²) in [6, 6.07) is 18.4. The van der Waals surface area contributed by atoms with E-state index in [9.17, 15) is 9.59 Å². The Kier molecular flexibility index (Phi) is 4.06. The average molecular weight is 387 g/mol. The number of carbonyl (C=O) groups excluding carboxylic acids is 1. The summed E-state index contributed by atoms with van der Waals surface area (Å²) in [7, 11) is 0. The zero-order valence-corrected chi connectivity index (χ0v) is 15.8. The van der Waals surface area contributed by atoms with Gasteiger partial charge in [0.15, 0.2) is 4.96 Å². The molecule has 1 aliphatic heterocycles. The fourth-order valence-electron chi connectivity index (χ4n) is 3.87. The monoisotopic (exact) mass is 387 g/mol. The molecule has 0 saturated heterocycles. The highest BCUT2D eigenvalue weighted by atomic mass is 32.1. The molecule has 0 spiro atoms. The first-order valence-electron chi connectivity index (χ1n) is 9.09. The van der Waals surface area contributed by atoms with Crippen LogP contribution in [0, 0.1) is 0 Å². The summed E-state index contributed by atoms with van der Waals surface area (Å²) in [5.41, 5.74) is 3.31. The van der Waals surface area contributed by atoms with E-state index in [4.69, 9.17) is 0 Å². The van der Waals surface area contributed by atoms with Crippen LogP contribution in [0.2, 0.25) is 0 Å². The molecule has 5 rings (SSSR count). The molecule has 3 heterocycles. The Hall–Kier alpha value is -3.25. The number of amides is 1. The minimum Gasteiger partial charge on any atom is -0.333 e. The van der Waals surface area contributed by atoms with Crippen LogP contribution in [0.1, 0.15) is 33.0 Å². The van der Waals surface area contributed by atoms with Crippen LogP contribution in [0.5, 0.6) is 0 Å². The molecule has 0 fully saturated rings. The van der Waals surface area contributed by atoms with Crippen molar-refractivity contribution in [2.75, 3.05) is 6.54 Å². The van der Waals surface area contributed by atoms with Gasteiger partial charge in [0.25, 0.3) is 11.5 Å². The molecule has 2 aromatic carbocycles. The second kappa shape index (κ2) is 6.73. The Labute approximate surface area is 165 Å². The second-order valence-corrected chi connectivity index (χ2v) is 7.75. The molecular weight excluding hydrogens is 370 g/mol. The third-order valence-corrected chi connectivity index (χ3v) is 6.03. The van der Waals surface area contributed by atoms with E-state index < -0.39 is 0 Å². The van der Waals surface area contributed by atoms with Gasteiger partial charge in [-0.2, -0.15) is 0 Å². The number of nitrogens with zero attached hydrogens (tertiary/aromatic N) is 3. The maximum atomic E-state index is 13.2. The Balaban J connectivity index is 1.56. The molecule has 1 atom stereocenters.